The van der Waals surface area contributed by atoms with Gasteiger partial charge in [0, 0.05) is 36.3 Å². The number of sulfone groups is 1. The Bertz CT molecular complexity index is 1540. The molecule has 8 nitrogen and oxygen atoms in total. The van der Waals surface area contributed by atoms with E-state index < -0.39 is 15.7 Å². The van der Waals surface area contributed by atoms with E-state index in [2.05, 4.69) is 15.4 Å². The lowest BCUT2D eigenvalue weighted by Gasteiger charge is -2.16. The maximum absolute atomic E-state index is 13.8. The normalized spacial score (nSPS) is 13.7. The zero-order valence-corrected chi connectivity index (χ0v) is 19.3. The molecule has 2 aromatic heterocycles. The maximum Gasteiger partial charge on any atom is 0.251 e. The number of nitrogens with zero attached hydrogens (tertiary/aromatic N) is 3. The fourth-order valence-electron chi connectivity index (χ4n) is 3.78. The van der Waals surface area contributed by atoms with Gasteiger partial charge in [-0.05, 0) is 49.1 Å². The zero-order valence-electron chi connectivity index (χ0n) is 18.4. The van der Waals surface area contributed by atoms with Crippen molar-refractivity contribution in [1.29, 1.82) is 0 Å². The molecule has 1 amide bonds. The minimum Gasteiger partial charge on any atom is -0.437 e. The Balaban J connectivity index is 1.71. The topological polar surface area (TPSA) is 103 Å². The second-order valence-corrected chi connectivity index (χ2v) is 10.3. The quantitative estimate of drug-likeness (QED) is 0.449. The van der Waals surface area contributed by atoms with E-state index in [1.54, 1.807) is 31.2 Å². The van der Waals surface area contributed by atoms with E-state index >= 15 is 0 Å². The van der Waals surface area contributed by atoms with Crippen LogP contribution < -0.4 is 10.1 Å². The molecule has 174 valence electrons. The number of aromatic nitrogens is 3. The van der Waals surface area contributed by atoms with Gasteiger partial charge < -0.3 is 10.1 Å². The molecular formula is C24H21FN4O4S. The first kappa shape index (κ1) is 22.0. The SMILES string of the molecule is Cc1cc(-c2c(Oc3cccc(F)c3)nn3ccnc3c2S(C)(=O)=O)ccc1C(=O)NC1CC1. The Morgan fingerprint density at radius 2 is 2.00 bits per heavy atom. The third-order valence-corrected chi connectivity index (χ3v) is 6.65. The number of ether oxygens (including phenoxy) is 1. The molecule has 1 aliphatic carbocycles. The van der Waals surface area contributed by atoms with Crippen LogP contribution in [0.4, 0.5) is 4.39 Å². The van der Waals surface area contributed by atoms with Crippen molar-refractivity contribution in [2.45, 2.75) is 30.7 Å². The number of benzene rings is 2. The van der Waals surface area contributed by atoms with Gasteiger partial charge in [-0.1, -0.05) is 18.2 Å². The Morgan fingerprint density at radius 1 is 1.21 bits per heavy atom. The van der Waals surface area contributed by atoms with Crippen LogP contribution in [0.5, 0.6) is 11.6 Å². The number of aryl methyl sites for hydroxylation is 1. The van der Waals surface area contributed by atoms with Gasteiger partial charge in [0.2, 0.25) is 5.88 Å². The number of rotatable bonds is 6. The Labute approximate surface area is 195 Å². The van der Waals surface area contributed by atoms with Crippen molar-refractivity contribution >= 4 is 21.4 Å². The number of fused-ring (bicyclic) bond motifs is 1. The smallest absolute Gasteiger partial charge is 0.251 e. The first-order valence-corrected chi connectivity index (χ1v) is 12.5. The number of carbonyl (C=O) groups excluding carboxylic acids is 1. The van der Waals surface area contributed by atoms with Gasteiger partial charge in [-0.3, -0.25) is 4.79 Å². The minimum atomic E-state index is -3.80. The predicted molar refractivity (Wildman–Crippen MR) is 123 cm³/mol. The van der Waals surface area contributed by atoms with Crippen LogP contribution in [0.15, 0.2) is 59.8 Å². The fraction of sp³-hybridized carbons (Fsp3) is 0.208. The summed E-state index contributed by atoms with van der Waals surface area (Å²) in [6.45, 7) is 1.78. The third kappa shape index (κ3) is 4.24. The number of halogens is 1. The van der Waals surface area contributed by atoms with Crippen LogP contribution in [0, 0.1) is 12.7 Å². The summed E-state index contributed by atoms with van der Waals surface area (Å²) in [5.41, 5.74) is 1.96. The van der Waals surface area contributed by atoms with Crippen molar-refractivity contribution in [2.75, 3.05) is 6.26 Å². The molecule has 0 saturated heterocycles. The molecular weight excluding hydrogens is 459 g/mol. The summed E-state index contributed by atoms with van der Waals surface area (Å²) in [4.78, 5) is 16.7. The van der Waals surface area contributed by atoms with Crippen molar-refractivity contribution in [2.24, 2.45) is 0 Å². The number of nitrogens with one attached hydrogen (secondary N) is 1. The second kappa shape index (κ2) is 8.21. The van der Waals surface area contributed by atoms with Gasteiger partial charge in [-0.2, -0.15) is 0 Å². The van der Waals surface area contributed by atoms with Crippen LogP contribution in [0.25, 0.3) is 16.8 Å². The summed E-state index contributed by atoms with van der Waals surface area (Å²) in [6, 6.07) is 10.7. The number of imidazole rings is 1. The molecule has 0 radical (unpaired) electrons. The molecule has 0 atom stereocenters. The lowest BCUT2D eigenvalue weighted by Crippen LogP contribution is -2.26. The summed E-state index contributed by atoms with van der Waals surface area (Å²) in [5.74, 6) is -0.558. The summed E-state index contributed by atoms with van der Waals surface area (Å²) < 4.78 is 46.8. The van der Waals surface area contributed by atoms with E-state index in [-0.39, 0.29) is 39.7 Å². The van der Waals surface area contributed by atoms with Gasteiger partial charge in [0.15, 0.2) is 15.5 Å². The first-order valence-electron chi connectivity index (χ1n) is 10.6. The molecule has 0 spiro atoms. The van der Waals surface area contributed by atoms with Gasteiger partial charge in [0.25, 0.3) is 5.91 Å². The highest BCUT2D eigenvalue weighted by molar-refractivity contribution is 7.91. The summed E-state index contributed by atoms with van der Waals surface area (Å²) in [7, 11) is -3.80. The molecule has 1 N–H and O–H groups in total. The van der Waals surface area contributed by atoms with Gasteiger partial charge in [-0.15, -0.1) is 5.10 Å². The van der Waals surface area contributed by atoms with Gasteiger partial charge in [0.05, 0.1) is 5.56 Å². The number of hydrogen-bond donors (Lipinski definition) is 1. The van der Waals surface area contributed by atoms with Gasteiger partial charge >= 0.3 is 0 Å². The van der Waals surface area contributed by atoms with E-state index in [1.165, 1.54) is 35.1 Å². The van der Waals surface area contributed by atoms with Crippen molar-refractivity contribution in [1.82, 2.24) is 19.9 Å². The minimum absolute atomic E-state index is 0.0360. The third-order valence-electron chi connectivity index (χ3n) is 5.52. The predicted octanol–water partition coefficient (Wildman–Crippen LogP) is 3.93. The molecule has 0 aliphatic heterocycles. The van der Waals surface area contributed by atoms with Crippen molar-refractivity contribution in [3.05, 3.63) is 71.8 Å². The van der Waals surface area contributed by atoms with Crippen LogP contribution in [-0.4, -0.2) is 41.2 Å². The van der Waals surface area contributed by atoms with Crippen LogP contribution in [0.2, 0.25) is 0 Å². The molecule has 0 bridgehead atoms. The van der Waals surface area contributed by atoms with E-state index in [4.69, 9.17) is 4.74 Å². The van der Waals surface area contributed by atoms with Crippen LogP contribution in [0.3, 0.4) is 0 Å². The highest BCUT2D eigenvalue weighted by Crippen LogP contribution is 2.39. The summed E-state index contributed by atoms with van der Waals surface area (Å²) in [6.07, 6.45) is 5.96. The average molecular weight is 481 g/mol. The Kier molecular flexibility index (Phi) is 5.32. The van der Waals surface area contributed by atoms with Crippen molar-refractivity contribution in [3.63, 3.8) is 0 Å². The van der Waals surface area contributed by atoms with E-state index in [1.807, 2.05) is 0 Å². The summed E-state index contributed by atoms with van der Waals surface area (Å²) >= 11 is 0. The molecule has 1 saturated carbocycles. The van der Waals surface area contributed by atoms with Crippen molar-refractivity contribution in [3.8, 4) is 22.8 Å². The van der Waals surface area contributed by atoms with Gasteiger partial charge in [-0.25, -0.2) is 22.3 Å². The second-order valence-electron chi connectivity index (χ2n) is 8.31. The number of carbonyl (C=O) groups is 1. The summed E-state index contributed by atoms with van der Waals surface area (Å²) in [5, 5.41) is 7.37. The number of amides is 1. The zero-order chi connectivity index (χ0) is 24.0. The van der Waals surface area contributed by atoms with Gasteiger partial charge in [0.1, 0.15) is 16.5 Å². The standard InChI is InChI=1S/C24H21FN4O4S/c1-14-12-15(6-9-19(14)23(30)27-17-7-8-17)20-21(34(2,31)32)22-26-10-11-29(22)28-24(20)33-18-5-3-4-16(25)13-18/h3-6,9-13,17H,7-8H2,1-2H3,(H,27,30). The maximum atomic E-state index is 13.8. The molecule has 34 heavy (non-hydrogen) atoms. The molecule has 1 fully saturated rings. The molecule has 5 rings (SSSR count). The average Bonchev–Trinajstić information content (AvgIpc) is 3.45. The largest absolute Gasteiger partial charge is 0.437 e. The molecule has 2 heterocycles. The highest BCUT2D eigenvalue weighted by atomic mass is 32.2. The molecule has 10 heteroatoms. The number of hydrogen-bond acceptors (Lipinski definition) is 6. The molecule has 1 aliphatic rings. The van der Waals surface area contributed by atoms with Crippen LogP contribution in [-0.2, 0) is 9.84 Å². The molecule has 4 aromatic rings. The van der Waals surface area contributed by atoms with Crippen molar-refractivity contribution < 1.29 is 22.3 Å². The lowest BCUT2D eigenvalue weighted by molar-refractivity contribution is 0.0950. The van der Waals surface area contributed by atoms with E-state index in [0.29, 0.717) is 16.7 Å². The highest BCUT2D eigenvalue weighted by Gasteiger charge is 2.28. The first-order chi connectivity index (χ1) is 16.2. The molecule has 0 unspecified atom stereocenters. The Hall–Kier alpha value is -3.79. The lowest BCUT2D eigenvalue weighted by atomic mass is 10.00. The monoisotopic (exact) mass is 480 g/mol. The van der Waals surface area contributed by atoms with Crippen LogP contribution >= 0.6 is 0 Å². The van der Waals surface area contributed by atoms with E-state index in [0.717, 1.165) is 19.1 Å². The Morgan fingerprint density at radius 3 is 2.68 bits per heavy atom. The van der Waals surface area contributed by atoms with Crippen LogP contribution in [0.1, 0.15) is 28.8 Å². The fourth-order valence-corrected chi connectivity index (χ4v) is 4.83. The molecule has 2 aromatic carbocycles. The van der Waals surface area contributed by atoms with E-state index in [9.17, 15) is 17.6 Å².